The van der Waals surface area contributed by atoms with Crippen LogP contribution in [0.25, 0.3) is 0 Å². The number of halogens is 1. The molecule has 0 aliphatic rings. The average molecular weight is 472 g/mol. The first kappa shape index (κ1) is 21.3. The Balaban J connectivity index is 1.60. The molecule has 3 rings (SSSR count). The van der Waals surface area contributed by atoms with E-state index in [0.29, 0.717) is 22.8 Å². The Bertz CT molecular complexity index is 1070. The average Bonchev–Trinajstić information content (AvgIpc) is 2.69. The minimum absolute atomic E-state index is 0.143. The maximum Gasteiger partial charge on any atom is 0.254 e. The molecule has 2 aromatic carbocycles. The van der Waals surface area contributed by atoms with Crippen LogP contribution in [0, 0.1) is 13.8 Å². The van der Waals surface area contributed by atoms with Crippen molar-refractivity contribution in [1.82, 2.24) is 9.97 Å². The molecule has 0 saturated heterocycles. The first-order chi connectivity index (χ1) is 13.9. The number of aryl methyl sites for hydroxylation is 2. The molecule has 0 atom stereocenters. The van der Waals surface area contributed by atoms with Crippen molar-refractivity contribution in [2.24, 2.45) is 0 Å². The van der Waals surface area contributed by atoms with E-state index in [1.807, 2.05) is 62.4 Å². The zero-order valence-electron chi connectivity index (χ0n) is 16.3. The SMILES string of the molecule is Cc1ccc(NC(=O)CCc2c(C)nc(SCc3ccccc3)[nH]c2=O)c(Br)c1. The van der Waals surface area contributed by atoms with Gasteiger partial charge in [-0.2, -0.15) is 0 Å². The molecule has 150 valence electrons. The molecule has 1 aromatic heterocycles. The Morgan fingerprint density at radius 1 is 1.17 bits per heavy atom. The van der Waals surface area contributed by atoms with Crippen LogP contribution < -0.4 is 10.9 Å². The number of anilines is 1. The van der Waals surface area contributed by atoms with Gasteiger partial charge in [-0.05, 0) is 59.5 Å². The Morgan fingerprint density at radius 3 is 2.62 bits per heavy atom. The summed E-state index contributed by atoms with van der Waals surface area (Å²) in [5.74, 6) is 0.590. The molecule has 5 nitrogen and oxygen atoms in total. The topological polar surface area (TPSA) is 74.8 Å². The van der Waals surface area contributed by atoms with E-state index in [9.17, 15) is 9.59 Å². The first-order valence-corrected chi connectivity index (χ1v) is 11.0. The van der Waals surface area contributed by atoms with E-state index in [0.717, 1.165) is 21.5 Å². The van der Waals surface area contributed by atoms with Crippen LogP contribution in [0.1, 0.15) is 28.8 Å². The van der Waals surface area contributed by atoms with Crippen LogP contribution in [0.2, 0.25) is 0 Å². The summed E-state index contributed by atoms with van der Waals surface area (Å²) >= 11 is 4.94. The maximum absolute atomic E-state index is 12.5. The normalized spacial score (nSPS) is 10.7. The predicted molar refractivity (Wildman–Crippen MR) is 121 cm³/mol. The van der Waals surface area contributed by atoms with E-state index in [1.54, 1.807) is 0 Å². The summed E-state index contributed by atoms with van der Waals surface area (Å²) < 4.78 is 0.835. The number of rotatable bonds is 7. The van der Waals surface area contributed by atoms with Gasteiger partial charge in [0, 0.05) is 27.9 Å². The smallest absolute Gasteiger partial charge is 0.254 e. The predicted octanol–water partition coefficient (Wildman–Crippen LogP) is 5.01. The molecule has 3 aromatic rings. The summed E-state index contributed by atoms with van der Waals surface area (Å²) in [6.07, 6.45) is 0.551. The van der Waals surface area contributed by atoms with E-state index < -0.39 is 0 Å². The zero-order valence-corrected chi connectivity index (χ0v) is 18.7. The van der Waals surface area contributed by atoms with Crippen molar-refractivity contribution in [3.63, 3.8) is 0 Å². The minimum atomic E-state index is -0.183. The van der Waals surface area contributed by atoms with E-state index in [4.69, 9.17) is 0 Å². The van der Waals surface area contributed by atoms with Gasteiger partial charge in [0.15, 0.2) is 5.16 Å². The second-order valence-electron chi connectivity index (χ2n) is 6.74. The lowest BCUT2D eigenvalue weighted by Crippen LogP contribution is -2.20. The zero-order chi connectivity index (χ0) is 20.8. The lowest BCUT2D eigenvalue weighted by molar-refractivity contribution is -0.116. The minimum Gasteiger partial charge on any atom is -0.325 e. The van der Waals surface area contributed by atoms with Gasteiger partial charge in [0.05, 0.1) is 5.69 Å². The number of amides is 1. The van der Waals surface area contributed by atoms with Gasteiger partial charge in [-0.3, -0.25) is 9.59 Å². The van der Waals surface area contributed by atoms with Crippen LogP contribution in [0.4, 0.5) is 5.69 Å². The Kier molecular flexibility index (Phi) is 7.28. The standard InChI is InChI=1S/C22H22BrN3O2S/c1-14-8-10-19(18(23)12-14)25-20(27)11-9-17-15(2)24-22(26-21(17)28)29-13-16-6-4-3-5-7-16/h3-8,10,12H,9,11,13H2,1-2H3,(H,25,27)(H,24,26,28). The largest absolute Gasteiger partial charge is 0.325 e. The summed E-state index contributed by atoms with van der Waals surface area (Å²) in [6.45, 7) is 3.80. The molecule has 1 heterocycles. The van der Waals surface area contributed by atoms with Gasteiger partial charge >= 0.3 is 0 Å². The number of aromatic amines is 1. The van der Waals surface area contributed by atoms with Gasteiger partial charge in [0.25, 0.3) is 5.56 Å². The number of carbonyl (C=O) groups excluding carboxylic acids is 1. The van der Waals surface area contributed by atoms with Crippen LogP contribution in [-0.4, -0.2) is 15.9 Å². The summed E-state index contributed by atoms with van der Waals surface area (Å²) in [7, 11) is 0. The number of carbonyl (C=O) groups is 1. The van der Waals surface area contributed by atoms with Crippen molar-refractivity contribution in [2.75, 3.05) is 5.32 Å². The highest BCUT2D eigenvalue weighted by Crippen LogP contribution is 2.23. The molecule has 0 aliphatic carbocycles. The summed E-state index contributed by atoms with van der Waals surface area (Å²) in [5, 5.41) is 3.46. The quantitative estimate of drug-likeness (QED) is 0.374. The lowest BCUT2D eigenvalue weighted by Gasteiger charge is -2.09. The molecule has 29 heavy (non-hydrogen) atoms. The fourth-order valence-corrected chi connectivity index (χ4v) is 4.30. The van der Waals surface area contributed by atoms with Crippen LogP contribution in [-0.2, 0) is 17.0 Å². The number of hydrogen-bond acceptors (Lipinski definition) is 4. The molecular formula is C22H22BrN3O2S. The van der Waals surface area contributed by atoms with E-state index >= 15 is 0 Å². The third kappa shape index (κ3) is 6.05. The van der Waals surface area contributed by atoms with Gasteiger partial charge in [0.1, 0.15) is 0 Å². The number of thioether (sulfide) groups is 1. The van der Waals surface area contributed by atoms with Gasteiger partial charge in [-0.25, -0.2) is 4.98 Å². The highest BCUT2D eigenvalue weighted by atomic mass is 79.9. The molecule has 1 amide bonds. The highest BCUT2D eigenvalue weighted by Gasteiger charge is 2.12. The fourth-order valence-electron chi connectivity index (χ4n) is 2.85. The molecule has 0 unspecified atom stereocenters. The van der Waals surface area contributed by atoms with Crippen LogP contribution in [0.5, 0.6) is 0 Å². The van der Waals surface area contributed by atoms with Crippen molar-refractivity contribution in [3.05, 3.63) is 85.7 Å². The third-order valence-corrected chi connectivity index (χ3v) is 6.02. The molecule has 0 bridgehead atoms. The van der Waals surface area contributed by atoms with E-state index in [-0.39, 0.29) is 17.9 Å². The Morgan fingerprint density at radius 2 is 1.93 bits per heavy atom. The van der Waals surface area contributed by atoms with Crippen LogP contribution >= 0.6 is 27.7 Å². The van der Waals surface area contributed by atoms with E-state index in [2.05, 4.69) is 31.2 Å². The molecule has 7 heteroatoms. The molecule has 0 radical (unpaired) electrons. The fraction of sp³-hybridized carbons (Fsp3) is 0.227. The Labute approximate surface area is 182 Å². The van der Waals surface area contributed by atoms with Gasteiger partial charge in [0.2, 0.25) is 5.91 Å². The number of hydrogen-bond donors (Lipinski definition) is 2. The third-order valence-electron chi connectivity index (χ3n) is 4.42. The molecule has 0 aliphatic heterocycles. The van der Waals surface area contributed by atoms with Crippen molar-refractivity contribution in [3.8, 4) is 0 Å². The second-order valence-corrected chi connectivity index (χ2v) is 8.56. The van der Waals surface area contributed by atoms with Crippen LogP contribution in [0.15, 0.2) is 63.0 Å². The summed E-state index contributed by atoms with van der Waals surface area (Å²) in [6, 6.07) is 15.8. The molecule has 0 spiro atoms. The van der Waals surface area contributed by atoms with Crippen molar-refractivity contribution in [2.45, 2.75) is 37.6 Å². The van der Waals surface area contributed by atoms with Gasteiger partial charge in [-0.1, -0.05) is 48.2 Å². The molecule has 0 saturated carbocycles. The number of nitrogens with one attached hydrogen (secondary N) is 2. The lowest BCUT2D eigenvalue weighted by atomic mass is 10.1. The monoisotopic (exact) mass is 471 g/mol. The second kappa shape index (κ2) is 9.89. The number of aromatic nitrogens is 2. The van der Waals surface area contributed by atoms with Gasteiger partial charge < -0.3 is 10.3 Å². The summed E-state index contributed by atoms with van der Waals surface area (Å²) in [5.41, 5.74) is 4.02. The number of H-pyrrole nitrogens is 1. The van der Waals surface area contributed by atoms with Crippen molar-refractivity contribution in [1.29, 1.82) is 0 Å². The molecular weight excluding hydrogens is 450 g/mol. The number of nitrogens with zero attached hydrogens (tertiary/aromatic N) is 1. The van der Waals surface area contributed by atoms with Crippen molar-refractivity contribution >= 4 is 39.3 Å². The first-order valence-electron chi connectivity index (χ1n) is 9.25. The van der Waals surface area contributed by atoms with Gasteiger partial charge in [-0.15, -0.1) is 0 Å². The molecule has 0 fully saturated rings. The maximum atomic E-state index is 12.5. The summed E-state index contributed by atoms with van der Waals surface area (Å²) in [4.78, 5) is 32.1. The van der Waals surface area contributed by atoms with E-state index in [1.165, 1.54) is 17.3 Å². The van der Waals surface area contributed by atoms with Crippen molar-refractivity contribution < 1.29 is 4.79 Å². The molecule has 2 N–H and O–H groups in total. The highest BCUT2D eigenvalue weighted by molar-refractivity contribution is 9.10. The van der Waals surface area contributed by atoms with Crippen LogP contribution in [0.3, 0.4) is 0 Å². The number of benzene rings is 2. The Hall–Kier alpha value is -2.38.